The fourth-order valence-corrected chi connectivity index (χ4v) is 3.83. The number of aryl methyl sites for hydroxylation is 2. The molecule has 0 saturated carbocycles. The lowest BCUT2D eigenvalue weighted by atomic mass is 9.97. The van der Waals surface area contributed by atoms with Gasteiger partial charge in [0.1, 0.15) is 4.90 Å². The molecular weight excluding hydrogens is 284 g/mol. The van der Waals surface area contributed by atoms with Crippen LogP contribution in [0.3, 0.4) is 0 Å². The standard InChI is InChI=1S/C16H24N2O2S/c1-12-10-15(17)16(11-13(12)2)21(19,20)18-9-8-14-6-4-3-5-7-14/h6,10-11,18H,3-5,7-9,17H2,1-2H3. The Kier molecular flexibility index (Phi) is 5.06. The molecule has 21 heavy (non-hydrogen) atoms. The van der Waals surface area contributed by atoms with Crippen molar-refractivity contribution in [2.75, 3.05) is 12.3 Å². The first-order chi connectivity index (χ1) is 9.90. The van der Waals surface area contributed by atoms with Crippen molar-refractivity contribution in [1.82, 2.24) is 4.72 Å². The number of nitrogen functional groups attached to an aromatic ring is 1. The zero-order chi connectivity index (χ0) is 15.5. The summed E-state index contributed by atoms with van der Waals surface area (Å²) in [5.41, 5.74) is 9.46. The molecule has 0 radical (unpaired) electrons. The fraction of sp³-hybridized carbons (Fsp3) is 0.500. The number of hydrogen-bond donors (Lipinski definition) is 2. The number of sulfonamides is 1. The lowest BCUT2D eigenvalue weighted by Gasteiger charge is -2.14. The maximum absolute atomic E-state index is 12.3. The average Bonchev–Trinajstić information content (AvgIpc) is 2.43. The first-order valence-electron chi connectivity index (χ1n) is 7.44. The Labute approximate surface area is 127 Å². The number of anilines is 1. The Hall–Kier alpha value is -1.33. The largest absolute Gasteiger partial charge is 0.398 e. The smallest absolute Gasteiger partial charge is 0.242 e. The second kappa shape index (κ2) is 6.62. The first kappa shape index (κ1) is 16.0. The zero-order valence-corrected chi connectivity index (χ0v) is 13.6. The van der Waals surface area contributed by atoms with Crippen LogP contribution in [0.25, 0.3) is 0 Å². The minimum Gasteiger partial charge on any atom is -0.398 e. The highest BCUT2D eigenvalue weighted by Gasteiger charge is 2.18. The molecule has 0 heterocycles. The van der Waals surface area contributed by atoms with Gasteiger partial charge in [-0.2, -0.15) is 0 Å². The molecule has 4 nitrogen and oxygen atoms in total. The number of nitrogens with one attached hydrogen (secondary N) is 1. The van der Waals surface area contributed by atoms with Crippen molar-refractivity contribution >= 4 is 15.7 Å². The van der Waals surface area contributed by atoms with E-state index in [4.69, 9.17) is 5.73 Å². The number of allylic oxidation sites excluding steroid dienone is 1. The van der Waals surface area contributed by atoms with E-state index in [-0.39, 0.29) is 4.90 Å². The Morgan fingerprint density at radius 2 is 1.90 bits per heavy atom. The van der Waals surface area contributed by atoms with Crippen LogP contribution in [0.2, 0.25) is 0 Å². The van der Waals surface area contributed by atoms with Crippen molar-refractivity contribution in [3.63, 3.8) is 0 Å². The monoisotopic (exact) mass is 308 g/mol. The molecule has 0 aliphatic heterocycles. The topological polar surface area (TPSA) is 72.2 Å². The van der Waals surface area contributed by atoms with Gasteiger partial charge in [-0.3, -0.25) is 0 Å². The van der Waals surface area contributed by atoms with Gasteiger partial charge in [-0.1, -0.05) is 11.6 Å². The Bertz CT molecular complexity index is 648. The highest BCUT2D eigenvalue weighted by atomic mass is 32.2. The van der Waals surface area contributed by atoms with Crippen molar-refractivity contribution in [3.05, 3.63) is 34.9 Å². The molecule has 0 bridgehead atoms. The molecule has 0 aromatic heterocycles. The van der Waals surface area contributed by atoms with Crippen molar-refractivity contribution in [3.8, 4) is 0 Å². The van der Waals surface area contributed by atoms with Gasteiger partial charge in [-0.25, -0.2) is 13.1 Å². The summed E-state index contributed by atoms with van der Waals surface area (Å²) in [6.07, 6.45) is 7.68. The molecule has 5 heteroatoms. The molecular formula is C16H24N2O2S. The van der Waals surface area contributed by atoms with E-state index in [2.05, 4.69) is 10.8 Å². The molecule has 0 amide bonds. The summed E-state index contributed by atoms with van der Waals surface area (Å²) in [5, 5.41) is 0. The maximum atomic E-state index is 12.3. The average molecular weight is 308 g/mol. The molecule has 2 rings (SSSR count). The van der Waals surface area contributed by atoms with E-state index in [1.165, 1.54) is 18.4 Å². The van der Waals surface area contributed by atoms with Crippen molar-refractivity contribution in [1.29, 1.82) is 0 Å². The predicted molar refractivity (Wildman–Crippen MR) is 86.7 cm³/mol. The second-order valence-electron chi connectivity index (χ2n) is 5.73. The summed E-state index contributed by atoms with van der Waals surface area (Å²) in [5.74, 6) is 0. The normalized spacial score (nSPS) is 15.8. The number of hydrogen-bond acceptors (Lipinski definition) is 3. The van der Waals surface area contributed by atoms with E-state index in [1.54, 1.807) is 12.1 Å². The van der Waals surface area contributed by atoms with Crippen LogP contribution >= 0.6 is 0 Å². The van der Waals surface area contributed by atoms with Gasteiger partial charge in [0, 0.05) is 6.54 Å². The molecule has 1 aromatic rings. The summed E-state index contributed by atoms with van der Waals surface area (Å²) in [6.45, 7) is 4.24. The Balaban J connectivity index is 2.05. The van der Waals surface area contributed by atoms with Crippen molar-refractivity contribution in [2.45, 2.75) is 50.8 Å². The highest BCUT2D eigenvalue weighted by molar-refractivity contribution is 7.89. The van der Waals surface area contributed by atoms with E-state index in [0.29, 0.717) is 12.2 Å². The molecule has 116 valence electrons. The van der Waals surface area contributed by atoms with Crippen molar-refractivity contribution in [2.24, 2.45) is 0 Å². The van der Waals surface area contributed by atoms with Gasteiger partial charge >= 0.3 is 0 Å². The van der Waals surface area contributed by atoms with E-state index in [9.17, 15) is 8.42 Å². The van der Waals surface area contributed by atoms with E-state index >= 15 is 0 Å². The summed E-state index contributed by atoms with van der Waals surface area (Å²) >= 11 is 0. The number of benzene rings is 1. The molecule has 3 N–H and O–H groups in total. The Morgan fingerprint density at radius 3 is 2.57 bits per heavy atom. The summed E-state index contributed by atoms with van der Waals surface area (Å²) in [7, 11) is -3.53. The molecule has 0 atom stereocenters. The summed E-state index contributed by atoms with van der Waals surface area (Å²) in [6, 6.07) is 3.36. The van der Waals surface area contributed by atoms with Crippen LogP contribution in [0, 0.1) is 13.8 Å². The van der Waals surface area contributed by atoms with E-state index in [1.807, 2.05) is 13.8 Å². The molecule has 0 spiro atoms. The lowest BCUT2D eigenvalue weighted by Crippen LogP contribution is -2.26. The zero-order valence-electron chi connectivity index (χ0n) is 12.8. The lowest BCUT2D eigenvalue weighted by molar-refractivity contribution is 0.579. The predicted octanol–water partition coefficient (Wildman–Crippen LogP) is 3.05. The van der Waals surface area contributed by atoms with Crippen LogP contribution in [-0.4, -0.2) is 15.0 Å². The molecule has 1 aliphatic carbocycles. The maximum Gasteiger partial charge on any atom is 0.242 e. The SMILES string of the molecule is Cc1cc(N)c(S(=O)(=O)NCCC2=CCCCC2)cc1C. The first-order valence-corrected chi connectivity index (χ1v) is 8.93. The van der Waals surface area contributed by atoms with E-state index in [0.717, 1.165) is 30.4 Å². The minimum atomic E-state index is -3.53. The fourth-order valence-electron chi connectivity index (χ4n) is 2.60. The molecule has 0 unspecified atom stereocenters. The summed E-state index contributed by atoms with van der Waals surface area (Å²) in [4.78, 5) is 0.184. The van der Waals surface area contributed by atoms with Gasteiger partial charge in [0.2, 0.25) is 10.0 Å². The number of rotatable bonds is 5. The summed E-state index contributed by atoms with van der Waals surface area (Å²) < 4.78 is 27.4. The molecule has 0 saturated heterocycles. The van der Waals surface area contributed by atoms with Crippen LogP contribution in [-0.2, 0) is 10.0 Å². The van der Waals surface area contributed by atoms with E-state index < -0.39 is 10.0 Å². The quantitative estimate of drug-likeness (QED) is 0.648. The minimum absolute atomic E-state index is 0.184. The van der Waals surface area contributed by atoms with Crippen molar-refractivity contribution < 1.29 is 8.42 Å². The van der Waals surface area contributed by atoms with Gasteiger partial charge in [0.05, 0.1) is 5.69 Å². The van der Waals surface area contributed by atoms with Crippen LogP contribution in [0.15, 0.2) is 28.7 Å². The van der Waals surface area contributed by atoms with Gasteiger partial charge in [0.25, 0.3) is 0 Å². The van der Waals surface area contributed by atoms with Crippen LogP contribution in [0.1, 0.15) is 43.2 Å². The number of nitrogens with two attached hydrogens (primary N) is 1. The third-order valence-corrected chi connectivity index (χ3v) is 5.56. The third-order valence-electron chi connectivity index (χ3n) is 4.04. The van der Waals surface area contributed by atoms with Gasteiger partial charge in [0.15, 0.2) is 0 Å². The van der Waals surface area contributed by atoms with Gasteiger partial charge < -0.3 is 5.73 Å². The second-order valence-corrected chi connectivity index (χ2v) is 7.47. The highest BCUT2D eigenvalue weighted by Crippen LogP contribution is 2.23. The van der Waals surface area contributed by atoms with Crippen LogP contribution in [0.4, 0.5) is 5.69 Å². The third kappa shape index (κ3) is 4.08. The molecule has 1 aromatic carbocycles. The van der Waals surface area contributed by atoms with Gasteiger partial charge in [-0.05, 0) is 69.2 Å². The van der Waals surface area contributed by atoms with Crippen LogP contribution < -0.4 is 10.5 Å². The van der Waals surface area contributed by atoms with Crippen LogP contribution in [0.5, 0.6) is 0 Å². The molecule has 0 fully saturated rings. The Morgan fingerprint density at radius 1 is 1.19 bits per heavy atom. The van der Waals surface area contributed by atoms with Gasteiger partial charge in [-0.15, -0.1) is 0 Å². The molecule has 1 aliphatic rings.